The van der Waals surface area contributed by atoms with Crippen LogP contribution in [0.2, 0.25) is 0 Å². The largest absolute Gasteiger partial charge is 0.251 e. The Labute approximate surface area is 210 Å². The normalized spacial score (nSPS) is 32.5. The average Bonchev–Trinajstić information content (AvgIpc) is 2.89. The molecule has 0 unspecified atom stereocenters. The van der Waals surface area contributed by atoms with E-state index < -0.39 is 0 Å². The number of hydrogen-bond acceptors (Lipinski definition) is 0. The van der Waals surface area contributed by atoms with Gasteiger partial charge < -0.3 is 0 Å². The van der Waals surface area contributed by atoms with E-state index in [0.717, 1.165) is 48.3 Å². The van der Waals surface area contributed by atoms with Crippen LogP contribution in [0.15, 0.2) is 24.3 Å². The van der Waals surface area contributed by atoms with Gasteiger partial charge in [0.25, 0.3) is 0 Å². The second kappa shape index (κ2) is 14.0. The van der Waals surface area contributed by atoms with Crippen molar-refractivity contribution >= 4 is 0 Å². The van der Waals surface area contributed by atoms with Gasteiger partial charge in [-0.15, -0.1) is 0 Å². The van der Waals surface area contributed by atoms with E-state index in [2.05, 4.69) is 31.2 Å². The van der Waals surface area contributed by atoms with Crippen molar-refractivity contribution in [3.63, 3.8) is 0 Å². The Morgan fingerprint density at radius 1 is 0.559 bits per heavy atom. The van der Waals surface area contributed by atoms with E-state index in [9.17, 15) is 4.39 Å². The number of unbranched alkanes of at least 4 members (excludes halogenated alkanes) is 1. The summed E-state index contributed by atoms with van der Waals surface area (Å²) in [6.07, 6.45) is 26.5. The first-order valence-electron chi connectivity index (χ1n) is 15.4. The maximum atomic E-state index is 12.3. The van der Waals surface area contributed by atoms with Crippen molar-refractivity contribution < 1.29 is 4.39 Å². The smallest absolute Gasteiger partial charge is 0.0894 e. The van der Waals surface area contributed by atoms with Crippen LogP contribution in [0, 0.1) is 35.5 Å². The van der Waals surface area contributed by atoms with Crippen LogP contribution in [-0.4, -0.2) is 6.67 Å². The first-order valence-corrected chi connectivity index (χ1v) is 15.4. The molecular formula is C33H53F. The lowest BCUT2D eigenvalue weighted by molar-refractivity contribution is 0.102. The van der Waals surface area contributed by atoms with E-state index in [1.807, 2.05) is 0 Å². The van der Waals surface area contributed by atoms with Crippen molar-refractivity contribution in [2.75, 3.05) is 6.67 Å². The molecule has 3 fully saturated rings. The Morgan fingerprint density at radius 2 is 0.971 bits per heavy atom. The van der Waals surface area contributed by atoms with Crippen molar-refractivity contribution in [2.24, 2.45) is 35.5 Å². The fraction of sp³-hybridized carbons (Fsp3) is 0.818. The van der Waals surface area contributed by atoms with Gasteiger partial charge in [0, 0.05) is 0 Å². The third-order valence-corrected chi connectivity index (χ3v) is 10.3. The molecule has 1 aromatic rings. The molecule has 0 saturated heterocycles. The van der Waals surface area contributed by atoms with Gasteiger partial charge in [-0.2, -0.15) is 0 Å². The molecule has 0 radical (unpaired) electrons. The van der Waals surface area contributed by atoms with E-state index in [4.69, 9.17) is 0 Å². The number of halogens is 1. The fourth-order valence-electron chi connectivity index (χ4n) is 8.06. The first-order chi connectivity index (χ1) is 16.7. The maximum absolute atomic E-state index is 12.3. The quantitative estimate of drug-likeness (QED) is 0.283. The minimum Gasteiger partial charge on any atom is -0.251 e. The molecule has 0 N–H and O–H groups in total. The summed E-state index contributed by atoms with van der Waals surface area (Å²) in [7, 11) is 0. The third kappa shape index (κ3) is 7.83. The Morgan fingerprint density at radius 3 is 1.41 bits per heavy atom. The van der Waals surface area contributed by atoms with Crippen molar-refractivity contribution in [2.45, 2.75) is 129 Å². The lowest BCUT2D eigenvalue weighted by atomic mass is 9.64. The van der Waals surface area contributed by atoms with Gasteiger partial charge in [-0.3, -0.25) is 4.39 Å². The van der Waals surface area contributed by atoms with Gasteiger partial charge in [0.05, 0.1) is 6.67 Å². The summed E-state index contributed by atoms with van der Waals surface area (Å²) in [6.45, 7) is 2.18. The average molecular weight is 469 g/mol. The zero-order chi connectivity index (χ0) is 23.6. The molecule has 0 aliphatic heterocycles. The first kappa shape index (κ1) is 26.2. The highest BCUT2D eigenvalue weighted by Gasteiger charge is 2.34. The van der Waals surface area contributed by atoms with Crippen LogP contribution >= 0.6 is 0 Å². The molecule has 3 aliphatic rings. The highest BCUT2D eigenvalue weighted by atomic mass is 19.1. The summed E-state index contributed by atoms with van der Waals surface area (Å²) in [6, 6.07) is 9.20. The summed E-state index contributed by atoms with van der Waals surface area (Å²) in [5.74, 6) is 6.26. The molecule has 0 nitrogen and oxygen atoms in total. The van der Waals surface area contributed by atoms with Gasteiger partial charge in [-0.25, -0.2) is 0 Å². The minimum atomic E-state index is -0.179. The molecule has 0 bridgehead atoms. The Balaban J connectivity index is 1.10. The molecule has 3 saturated carbocycles. The molecule has 3 aliphatic carbocycles. The summed E-state index contributed by atoms with van der Waals surface area (Å²) in [5, 5.41) is 0. The van der Waals surface area contributed by atoms with Crippen LogP contribution in [0.4, 0.5) is 4.39 Å². The van der Waals surface area contributed by atoms with Gasteiger partial charge in [-0.1, -0.05) is 69.7 Å². The monoisotopic (exact) mass is 468 g/mol. The van der Waals surface area contributed by atoms with Crippen LogP contribution in [0.3, 0.4) is 0 Å². The van der Waals surface area contributed by atoms with E-state index in [1.54, 1.807) is 38.5 Å². The topological polar surface area (TPSA) is 0 Å². The Hall–Kier alpha value is -0.850. The van der Waals surface area contributed by atoms with Gasteiger partial charge in [0.2, 0.25) is 0 Å². The summed E-state index contributed by atoms with van der Waals surface area (Å²) in [5.41, 5.74) is 2.87. The molecule has 1 aromatic carbocycles. The summed E-state index contributed by atoms with van der Waals surface area (Å²) in [4.78, 5) is 0. The molecule has 0 aromatic heterocycles. The predicted octanol–water partition coefficient (Wildman–Crippen LogP) is 10.1. The molecule has 0 amide bonds. The van der Waals surface area contributed by atoms with Gasteiger partial charge in [0.1, 0.15) is 0 Å². The zero-order valence-electron chi connectivity index (χ0n) is 22.3. The van der Waals surface area contributed by atoms with Crippen LogP contribution in [0.1, 0.15) is 127 Å². The second-order valence-electron chi connectivity index (χ2n) is 12.5. The molecule has 1 heteroatoms. The van der Waals surface area contributed by atoms with Crippen molar-refractivity contribution in [3.05, 3.63) is 35.4 Å². The molecule has 4 rings (SSSR count). The number of hydrogen-bond donors (Lipinski definition) is 0. The minimum absolute atomic E-state index is 0.179. The van der Waals surface area contributed by atoms with Crippen LogP contribution < -0.4 is 0 Å². The van der Waals surface area contributed by atoms with Gasteiger partial charge >= 0.3 is 0 Å². The van der Waals surface area contributed by atoms with E-state index in [1.165, 1.54) is 75.3 Å². The van der Waals surface area contributed by atoms with Crippen molar-refractivity contribution in [1.29, 1.82) is 0 Å². The van der Waals surface area contributed by atoms with Gasteiger partial charge in [0.15, 0.2) is 0 Å². The Bertz CT molecular complexity index is 654. The highest BCUT2D eigenvalue weighted by molar-refractivity contribution is 5.22. The van der Waals surface area contributed by atoms with Crippen molar-refractivity contribution in [3.8, 4) is 0 Å². The summed E-state index contributed by atoms with van der Waals surface area (Å²) < 4.78 is 12.3. The summed E-state index contributed by atoms with van der Waals surface area (Å²) >= 11 is 0. The molecule has 0 spiro atoms. The van der Waals surface area contributed by atoms with E-state index >= 15 is 0 Å². The van der Waals surface area contributed by atoms with Gasteiger partial charge in [-0.05, 0) is 130 Å². The van der Waals surface area contributed by atoms with Crippen LogP contribution in [-0.2, 0) is 12.8 Å². The number of rotatable bonds is 11. The second-order valence-corrected chi connectivity index (χ2v) is 12.5. The number of benzene rings is 1. The lowest BCUT2D eigenvalue weighted by Gasteiger charge is -2.41. The molecular weight excluding hydrogens is 415 g/mol. The van der Waals surface area contributed by atoms with Crippen LogP contribution in [0.25, 0.3) is 0 Å². The lowest BCUT2D eigenvalue weighted by Crippen LogP contribution is -2.29. The third-order valence-electron chi connectivity index (χ3n) is 10.3. The Kier molecular flexibility index (Phi) is 10.8. The molecule has 192 valence electrons. The van der Waals surface area contributed by atoms with E-state index in [-0.39, 0.29) is 6.67 Å². The SMILES string of the molecule is CCC[C@H]1CC[C@H]([C@H]2CC[C@H]([C@H]3CC[C@H](CCc4ccc(CCCCF)cc4)CC3)CC2)CC1. The number of alkyl halides is 1. The zero-order valence-corrected chi connectivity index (χ0v) is 22.3. The maximum Gasteiger partial charge on any atom is 0.0894 e. The molecule has 0 heterocycles. The van der Waals surface area contributed by atoms with Crippen LogP contribution in [0.5, 0.6) is 0 Å². The standard InChI is InChI=1S/C33H53F/c1-2-5-26-13-17-30(18-14-26)32-21-23-33(24-22-32)31-19-15-29(16-20-31)12-11-28-9-7-27(8-10-28)6-3-4-25-34/h7-10,26,29-33H,2-6,11-25H2,1H3/t26-,29-,30-,31-,32-,33-. The number of aryl methyl sites for hydroxylation is 2. The van der Waals surface area contributed by atoms with E-state index in [0.29, 0.717) is 6.42 Å². The highest BCUT2D eigenvalue weighted by Crippen LogP contribution is 2.46. The molecule has 34 heavy (non-hydrogen) atoms. The fourth-order valence-corrected chi connectivity index (χ4v) is 8.06. The predicted molar refractivity (Wildman–Crippen MR) is 145 cm³/mol. The molecule has 0 atom stereocenters. The van der Waals surface area contributed by atoms with Crippen molar-refractivity contribution in [1.82, 2.24) is 0 Å².